The van der Waals surface area contributed by atoms with Crippen LogP contribution in [0, 0.1) is 0 Å². The molecular formula is C14H21NO2S. The number of thioether (sulfide) groups is 1. The summed E-state index contributed by atoms with van der Waals surface area (Å²) in [7, 11) is 0. The zero-order valence-corrected chi connectivity index (χ0v) is 11.8. The van der Waals surface area contributed by atoms with Crippen molar-refractivity contribution in [2.24, 2.45) is 0 Å². The molecule has 2 N–H and O–H groups in total. The molecule has 100 valence electrons. The molecule has 0 radical (unpaired) electrons. The molecule has 0 heterocycles. The number of hydrogen-bond acceptors (Lipinski definition) is 3. The lowest BCUT2D eigenvalue weighted by atomic mass is 10.1. The zero-order valence-electron chi connectivity index (χ0n) is 11.0. The molecule has 0 aliphatic rings. The van der Waals surface area contributed by atoms with Gasteiger partial charge in [0, 0.05) is 23.1 Å². The van der Waals surface area contributed by atoms with E-state index in [-0.39, 0.29) is 18.6 Å². The predicted molar refractivity (Wildman–Crippen MR) is 76.1 cm³/mol. The van der Waals surface area contributed by atoms with Gasteiger partial charge in [0.1, 0.15) is 0 Å². The Balaban J connectivity index is 2.60. The summed E-state index contributed by atoms with van der Waals surface area (Å²) in [5.74, 6) is 0.961. The van der Waals surface area contributed by atoms with Crippen LogP contribution >= 0.6 is 11.8 Å². The van der Waals surface area contributed by atoms with Crippen LogP contribution in [-0.2, 0) is 0 Å². The lowest BCUT2D eigenvalue weighted by Crippen LogP contribution is -2.35. The monoisotopic (exact) mass is 267 g/mol. The van der Waals surface area contributed by atoms with E-state index in [1.54, 1.807) is 11.8 Å². The lowest BCUT2D eigenvalue weighted by molar-refractivity contribution is 0.0929. The third-order valence-electron chi connectivity index (χ3n) is 2.73. The highest BCUT2D eigenvalue weighted by Gasteiger charge is 2.11. The average Bonchev–Trinajstić information content (AvgIpc) is 2.39. The molecule has 1 amide bonds. The Morgan fingerprint density at radius 1 is 1.33 bits per heavy atom. The molecule has 1 rings (SSSR count). The number of aliphatic hydroxyl groups excluding tert-OH is 1. The molecule has 1 aromatic carbocycles. The van der Waals surface area contributed by atoms with Gasteiger partial charge in [0.25, 0.3) is 5.91 Å². The van der Waals surface area contributed by atoms with E-state index in [4.69, 9.17) is 5.11 Å². The molecule has 0 bridgehead atoms. The van der Waals surface area contributed by atoms with Gasteiger partial charge in [-0.25, -0.2) is 0 Å². The second kappa shape index (κ2) is 8.16. The molecular weight excluding hydrogens is 246 g/mol. The van der Waals surface area contributed by atoms with Crippen molar-refractivity contribution in [2.75, 3.05) is 12.4 Å². The Morgan fingerprint density at radius 2 is 2.00 bits per heavy atom. The van der Waals surface area contributed by atoms with Crippen molar-refractivity contribution in [3.63, 3.8) is 0 Å². The van der Waals surface area contributed by atoms with E-state index in [0.29, 0.717) is 12.0 Å². The first kappa shape index (κ1) is 15.1. The summed E-state index contributed by atoms with van der Waals surface area (Å²) < 4.78 is 0. The van der Waals surface area contributed by atoms with Gasteiger partial charge in [-0.1, -0.05) is 13.8 Å². The largest absolute Gasteiger partial charge is 0.396 e. The van der Waals surface area contributed by atoms with Crippen LogP contribution in [0.15, 0.2) is 29.2 Å². The standard InChI is InChI=1S/C14H21NO2S/c1-3-12(9-10-16)15-14(17)11-5-7-13(8-6-11)18-4-2/h5-8,12,16H,3-4,9-10H2,1-2H3,(H,15,17). The summed E-state index contributed by atoms with van der Waals surface area (Å²) in [5, 5.41) is 11.8. The first-order valence-electron chi connectivity index (χ1n) is 6.35. The van der Waals surface area contributed by atoms with Gasteiger partial charge < -0.3 is 10.4 Å². The lowest BCUT2D eigenvalue weighted by Gasteiger charge is -2.15. The number of carbonyl (C=O) groups excluding carboxylic acids is 1. The molecule has 0 aliphatic carbocycles. The fourth-order valence-corrected chi connectivity index (χ4v) is 2.33. The molecule has 0 aromatic heterocycles. The van der Waals surface area contributed by atoms with Crippen LogP contribution in [0.3, 0.4) is 0 Å². The van der Waals surface area contributed by atoms with Crippen molar-refractivity contribution < 1.29 is 9.90 Å². The molecule has 1 aromatic rings. The molecule has 1 atom stereocenters. The molecule has 0 fully saturated rings. The maximum Gasteiger partial charge on any atom is 0.251 e. The van der Waals surface area contributed by atoms with Gasteiger partial charge in [0.05, 0.1) is 0 Å². The zero-order chi connectivity index (χ0) is 13.4. The maximum atomic E-state index is 12.0. The van der Waals surface area contributed by atoms with Crippen molar-refractivity contribution in [2.45, 2.75) is 37.6 Å². The summed E-state index contributed by atoms with van der Waals surface area (Å²) in [4.78, 5) is 13.1. The second-order valence-corrected chi connectivity index (χ2v) is 5.39. The van der Waals surface area contributed by atoms with Crippen LogP contribution < -0.4 is 5.32 Å². The first-order chi connectivity index (χ1) is 8.71. The summed E-state index contributed by atoms with van der Waals surface area (Å²) in [6, 6.07) is 7.68. The third-order valence-corrected chi connectivity index (χ3v) is 3.63. The number of rotatable bonds is 7. The topological polar surface area (TPSA) is 49.3 Å². The number of aliphatic hydroxyl groups is 1. The molecule has 3 nitrogen and oxygen atoms in total. The minimum Gasteiger partial charge on any atom is -0.396 e. The first-order valence-corrected chi connectivity index (χ1v) is 7.34. The highest BCUT2D eigenvalue weighted by Crippen LogP contribution is 2.17. The molecule has 4 heteroatoms. The Morgan fingerprint density at radius 3 is 2.50 bits per heavy atom. The molecule has 0 saturated heterocycles. The van der Waals surface area contributed by atoms with Crippen molar-refractivity contribution in [3.05, 3.63) is 29.8 Å². The highest BCUT2D eigenvalue weighted by molar-refractivity contribution is 7.99. The fraction of sp³-hybridized carbons (Fsp3) is 0.500. The van der Waals surface area contributed by atoms with Crippen LogP contribution in [0.1, 0.15) is 37.0 Å². The quantitative estimate of drug-likeness (QED) is 0.747. The van der Waals surface area contributed by atoms with Gasteiger partial charge in [-0.3, -0.25) is 4.79 Å². The Hall–Kier alpha value is -1.00. The second-order valence-electron chi connectivity index (χ2n) is 4.05. The van der Waals surface area contributed by atoms with E-state index in [1.807, 2.05) is 31.2 Å². The fourth-order valence-electron chi connectivity index (χ4n) is 1.67. The van der Waals surface area contributed by atoms with Crippen LogP contribution in [0.2, 0.25) is 0 Å². The Bertz CT molecular complexity index is 365. The maximum absolute atomic E-state index is 12.0. The van der Waals surface area contributed by atoms with Crippen molar-refractivity contribution in [1.29, 1.82) is 0 Å². The normalized spacial score (nSPS) is 12.2. The minimum atomic E-state index is -0.0663. The SMILES string of the molecule is CCSc1ccc(C(=O)NC(CC)CCO)cc1. The summed E-state index contributed by atoms with van der Waals surface area (Å²) in [6.45, 7) is 4.21. The Kier molecular flexibility index (Phi) is 6.83. The number of benzene rings is 1. The van der Waals surface area contributed by atoms with Gasteiger partial charge in [-0.05, 0) is 42.9 Å². The van der Waals surface area contributed by atoms with E-state index in [2.05, 4.69) is 12.2 Å². The summed E-state index contributed by atoms with van der Waals surface area (Å²) >= 11 is 1.76. The predicted octanol–water partition coefficient (Wildman–Crippen LogP) is 2.69. The van der Waals surface area contributed by atoms with E-state index in [1.165, 1.54) is 4.90 Å². The molecule has 0 spiro atoms. The van der Waals surface area contributed by atoms with Crippen molar-refractivity contribution in [1.82, 2.24) is 5.32 Å². The van der Waals surface area contributed by atoms with E-state index in [0.717, 1.165) is 12.2 Å². The van der Waals surface area contributed by atoms with Crippen LogP contribution in [-0.4, -0.2) is 29.4 Å². The van der Waals surface area contributed by atoms with Crippen LogP contribution in [0.25, 0.3) is 0 Å². The highest BCUT2D eigenvalue weighted by atomic mass is 32.2. The van der Waals surface area contributed by atoms with E-state index < -0.39 is 0 Å². The van der Waals surface area contributed by atoms with E-state index >= 15 is 0 Å². The third kappa shape index (κ3) is 4.70. The number of amides is 1. The minimum absolute atomic E-state index is 0.0483. The van der Waals surface area contributed by atoms with Gasteiger partial charge in [0.2, 0.25) is 0 Å². The van der Waals surface area contributed by atoms with Crippen molar-refractivity contribution >= 4 is 17.7 Å². The van der Waals surface area contributed by atoms with E-state index in [9.17, 15) is 4.79 Å². The van der Waals surface area contributed by atoms with Crippen molar-refractivity contribution in [3.8, 4) is 0 Å². The number of nitrogens with one attached hydrogen (secondary N) is 1. The van der Waals surface area contributed by atoms with Gasteiger partial charge in [-0.15, -0.1) is 11.8 Å². The average molecular weight is 267 g/mol. The Labute approximate surface area is 113 Å². The smallest absolute Gasteiger partial charge is 0.251 e. The molecule has 1 unspecified atom stereocenters. The molecule has 0 saturated carbocycles. The number of carbonyl (C=O) groups is 1. The summed E-state index contributed by atoms with van der Waals surface area (Å²) in [5.41, 5.74) is 0.673. The summed E-state index contributed by atoms with van der Waals surface area (Å²) in [6.07, 6.45) is 1.43. The van der Waals surface area contributed by atoms with Crippen LogP contribution in [0.4, 0.5) is 0 Å². The molecule has 0 aliphatic heterocycles. The van der Waals surface area contributed by atoms with Gasteiger partial charge in [-0.2, -0.15) is 0 Å². The number of hydrogen-bond donors (Lipinski definition) is 2. The van der Waals surface area contributed by atoms with Gasteiger partial charge >= 0.3 is 0 Å². The van der Waals surface area contributed by atoms with Crippen LogP contribution in [0.5, 0.6) is 0 Å². The van der Waals surface area contributed by atoms with Gasteiger partial charge in [0.15, 0.2) is 0 Å². The molecule has 18 heavy (non-hydrogen) atoms.